The SMILES string of the molecule is CCC(C#N)(CC)N1C(=O)c2ccc(C)cc2C1=O. The largest absolute Gasteiger partial charge is 0.269 e. The van der Waals surface area contributed by atoms with Gasteiger partial charge in [0.15, 0.2) is 0 Å². The van der Waals surface area contributed by atoms with Gasteiger partial charge < -0.3 is 0 Å². The number of carbonyl (C=O) groups is 2. The van der Waals surface area contributed by atoms with Gasteiger partial charge in [-0.15, -0.1) is 0 Å². The summed E-state index contributed by atoms with van der Waals surface area (Å²) in [6, 6.07) is 7.33. The Balaban J connectivity index is 2.57. The fraction of sp³-hybridized carbons (Fsp3) is 0.400. The molecule has 4 nitrogen and oxygen atoms in total. The summed E-state index contributed by atoms with van der Waals surface area (Å²) < 4.78 is 0. The molecule has 0 N–H and O–H groups in total. The quantitative estimate of drug-likeness (QED) is 0.781. The normalized spacial score (nSPS) is 14.5. The third kappa shape index (κ3) is 1.74. The molecular formula is C15H16N2O2. The van der Waals surface area contributed by atoms with Crippen molar-refractivity contribution in [3.63, 3.8) is 0 Å². The van der Waals surface area contributed by atoms with Crippen LogP contribution in [-0.4, -0.2) is 22.3 Å². The van der Waals surface area contributed by atoms with Gasteiger partial charge in [0.2, 0.25) is 0 Å². The van der Waals surface area contributed by atoms with Gasteiger partial charge in [-0.05, 0) is 31.9 Å². The molecule has 0 saturated heterocycles. The molecule has 0 bridgehead atoms. The van der Waals surface area contributed by atoms with E-state index in [0.29, 0.717) is 24.0 Å². The number of amides is 2. The highest BCUT2D eigenvalue weighted by Gasteiger charge is 2.47. The number of aryl methyl sites for hydroxylation is 1. The summed E-state index contributed by atoms with van der Waals surface area (Å²) in [5.74, 6) is -0.709. The Kier molecular flexibility index (Phi) is 3.15. The van der Waals surface area contributed by atoms with E-state index in [1.54, 1.807) is 18.2 Å². The van der Waals surface area contributed by atoms with E-state index in [2.05, 4.69) is 6.07 Å². The molecule has 0 aromatic heterocycles. The molecule has 0 aliphatic carbocycles. The van der Waals surface area contributed by atoms with Gasteiger partial charge in [0.05, 0.1) is 17.2 Å². The molecule has 1 aromatic carbocycles. The number of hydrogen-bond acceptors (Lipinski definition) is 3. The minimum atomic E-state index is -1.04. The van der Waals surface area contributed by atoms with Gasteiger partial charge in [-0.25, -0.2) is 0 Å². The minimum absolute atomic E-state index is 0.353. The van der Waals surface area contributed by atoms with E-state index >= 15 is 0 Å². The van der Waals surface area contributed by atoms with Crippen LogP contribution in [0, 0.1) is 18.3 Å². The summed E-state index contributed by atoms with van der Waals surface area (Å²) >= 11 is 0. The van der Waals surface area contributed by atoms with E-state index in [1.807, 2.05) is 20.8 Å². The number of carbonyl (C=O) groups excluding carboxylic acids is 2. The Labute approximate surface area is 112 Å². The Hall–Kier alpha value is -2.15. The van der Waals surface area contributed by atoms with Crippen molar-refractivity contribution in [2.45, 2.75) is 39.2 Å². The van der Waals surface area contributed by atoms with Crippen LogP contribution in [0.4, 0.5) is 0 Å². The second-order valence-corrected chi connectivity index (χ2v) is 4.85. The first-order chi connectivity index (χ1) is 9.00. The molecule has 0 fully saturated rings. The summed E-state index contributed by atoms with van der Waals surface area (Å²) in [7, 11) is 0. The van der Waals surface area contributed by atoms with Gasteiger partial charge in [-0.1, -0.05) is 25.5 Å². The van der Waals surface area contributed by atoms with Crippen molar-refractivity contribution >= 4 is 11.8 Å². The van der Waals surface area contributed by atoms with Crippen molar-refractivity contribution in [3.8, 4) is 6.07 Å². The third-order valence-electron chi connectivity index (χ3n) is 3.85. The van der Waals surface area contributed by atoms with Crippen molar-refractivity contribution < 1.29 is 9.59 Å². The molecule has 0 atom stereocenters. The number of hydrogen-bond donors (Lipinski definition) is 0. The van der Waals surface area contributed by atoms with Crippen molar-refractivity contribution in [2.24, 2.45) is 0 Å². The first-order valence-electron chi connectivity index (χ1n) is 6.41. The Morgan fingerprint density at radius 2 is 1.74 bits per heavy atom. The van der Waals surface area contributed by atoms with Crippen LogP contribution in [0.3, 0.4) is 0 Å². The van der Waals surface area contributed by atoms with E-state index in [1.165, 1.54) is 0 Å². The summed E-state index contributed by atoms with van der Waals surface area (Å²) in [5, 5.41) is 9.41. The molecule has 1 aliphatic rings. The molecule has 19 heavy (non-hydrogen) atoms. The zero-order valence-electron chi connectivity index (χ0n) is 11.4. The molecule has 2 amide bonds. The second-order valence-electron chi connectivity index (χ2n) is 4.85. The maximum Gasteiger partial charge on any atom is 0.262 e. The van der Waals surface area contributed by atoms with Crippen molar-refractivity contribution in [1.82, 2.24) is 4.90 Å². The maximum absolute atomic E-state index is 12.4. The maximum atomic E-state index is 12.4. The molecule has 1 aromatic rings. The predicted octanol–water partition coefficient (Wildman–Crippen LogP) is 2.67. The molecule has 1 heterocycles. The summed E-state index contributed by atoms with van der Waals surface area (Å²) in [5.41, 5.74) is 0.696. The van der Waals surface area contributed by atoms with Crippen LogP contribution in [0.5, 0.6) is 0 Å². The molecule has 98 valence electrons. The smallest absolute Gasteiger partial charge is 0.262 e. The molecule has 1 aliphatic heterocycles. The standard InChI is InChI=1S/C15H16N2O2/c1-4-15(5-2,9-16)17-13(18)11-7-6-10(3)8-12(11)14(17)19/h6-8H,4-5H2,1-3H3. The fourth-order valence-electron chi connectivity index (χ4n) is 2.52. The number of nitrogens with zero attached hydrogens (tertiary/aromatic N) is 2. The number of rotatable bonds is 3. The average molecular weight is 256 g/mol. The lowest BCUT2D eigenvalue weighted by Crippen LogP contribution is -2.50. The van der Waals surface area contributed by atoms with E-state index in [0.717, 1.165) is 10.5 Å². The predicted molar refractivity (Wildman–Crippen MR) is 70.6 cm³/mol. The molecule has 2 rings (SSSR count). The number of fused-ring (bicyclic) bond motifs is 1. The van der Waals surface area contributed by atoms with Gasteiger partial charge >= 0.3 is 0 Å². The highest BCUT2D eigenvalue weighted by Crippen LogP contribution is 2.33. The van der Waals surface area contributed by atoms with E-state index in [-0.39, 0.29) is 11.8 Å². The molecule has 0 radical (unpaired) electrons. The van der Waals surface area contributed by atoms with Gasteiger partial charge in [0.1, 0.15) is 5.54 Å². The number of imide groups is 1. The van der Waals surface area contributed by atoms with Crippen molar-refractivity contribution in [2.75, 3.05) is 0 Å². The van der Waals surface area contributed by atoms with Crippen molar-refractivity contribution in [1.29, 1.82) is 5.26 Å². The fourth-order valence-corrected chi connectivity index (χ4v) is 2.52. The Morgan fingerprint density at radius 3 is 2.26 bits per heavy atom. The van der Waals surface area contributed by atoms with Crippen LogP contribution < -0.4 is 0 Å². The molecule has 0 unspecified atom stereocenters. The summed E-state index contributed by atoms with van der Waals surface area (Å²) in [4.78, 5) is 26.0. The van der Waals surface area contributed by atoms with E-state index < -0.39 is 5.54 Å². The number of benzene rings is 1. The van der Waals surface area contributed by atoms with E-state index in [4.69, 9.17) is 0 Å². The zero-order chi connectivity index (χ0) is 14.2. The lowest BCUT2D eigenvalue weighted by molar-refractivity contribution is 0.0494. The van der Waals surface area contributed by atoms with E-state index in [9.17, 15) is 14.9 Å². The van der Waals surface area contributed by atoms with Gasteiger partial charge in [-0.2, -0.15) is 5.26 Å². The second kappa shape index (κ2) is 4.51. The minimum Gasteiger partial charge on any atom is -0.269 e. The summed E-state index contributed by atoms with van der Waals surface area (Å²) in [6.45, 7) is 5.51. The number of nitriles is 1. The van der Waals surface area contributed by atoms with Crippen LogP contribution in [0.25, 0.3) is 0 Å². The lowest BCUT2D eigenvalue weighted by Gasteiger charge is -2.32. The zero-order valence-corrected chi connectivity index (χ0v) is 11.4. The molecule has 0 spiro atoms. The molecule has 4 heteroatoms. The van der Waals surface area contributed by atoms with Crippen LogP contribution in [0.1, 0.15) is 53.0 Å². The van der Waals surface area contributed by atoms with Crippen LogP contribution >= 0.6 is 0 Å². The van der Waals surface area contributed by atoms with Crippen LogP contribution in [-0.2, 0) is 0 Å². The third-order valence-corrected chi connectivity index (χ3v) is 3.85. The van der Waals surface area contributed by atoms with Gasteiger partial charge in [0.25, 0.3) is 11.8 Å². The Bertz CT molecular complexity index is 595. The van der Waals surface area contributed by atoms with Crippen molar-refractivity contribution in [3.05, 3.63) is 34.9 Å². The highest BCUT2D eigenvalue weighted by molar-refractivity contribution is 6.22. The summed E-state index contributed by atoms with van der Waals surface area (Å²) in [6.07, 6.45) is 0.870. The molecular weight excluding hydrogens is 240 g/mol. The van der Waals surface area contributed by atoms with Gasteiger partial charge in [-0.3, -0.25) is 14.5 Å². The van der Waals surface area contributed by atoms with Gasteiger partial charge in [0, 0.05) is 0 Å². The first-order valence-corrected chi connectivity index (χ1v) is 6.41. The van der Waals surface area contributed by atoms with Crippen LogP contribution in [0.2, 0.25) is 0 Å². The molecule has 0 saturated carbocycles. The first kappa shape index (κ1) is 13.3. The lowest BCUT2D eigenvalue weighted by atomic mass is 9.92. The monoisotopic (exact) mass is 256 g/mol. The average Bonchev–Trinajstić information content (AvgIpc) is 2.66. The van der Waals surface area contributed by atoms with Crippen LogP contribution in [0.15, 0.2) is 18.2 Å². The Morgan fingerprint density at radius 1 is 1.16 bits per heavy atom. The highest BCUT2D eigenvalue weighted by atomic mass is 16.2. The topological polar surface area (TPSA) is 61.2 Å².